The minimum atomic E-state index is -0.866. The van der Waals surface area contributed by atoms with Crippen molar-refractivity contribution in [2.24, 2.45) is 5.92 Å². The Labute approximate surface area is 117 Å². The average molecular weight is 275 g/mol. The molecule has 20 heavy (non-hydrogen) atoms. The number of benzene rings is 1. The van der Waals surface area contributed by atoms with Crippen molar-refractivity contribution in [2.45, 2.75) is 26.7 Å². The zero-order valence-electron chi connectivity index (χ0n) is 11.5. The summed E-state index contributed by atoms with van der Waals surface area (Å²) in [4.78, 5) is 36.2. The summed E-state index contributed by atoms with van der Waals surface area (Å²) < 4.78 is 0. The molecule has 0 radical (unpaired) electrons. The zero-order chi connectivity index (χ0) is 14.9. The van der Waals surface area contributed by atoms with Crippen molar-refractivity contribution in [3.8, 4) is 0 Å². The molecule has 1 unspecified atom stereocenters. The van der Waals surface area contributed by atoms with Crippen LogP contribution in [-0.2, 0) is 4.79 Å². The van der Waals surface area contributed by atoms with Gasteiger partial charge in [0.05, 0.1) is 11.1 Å². The molecular formula is C15H17NO4. The topological polar surface area (TPSA) is 74.7 Å². The van der Waals surface area contributed by atoms with E-state index in [0.717, 1.165) is 5.56 Å². The molecule has 1 atom stereocenters. The van der Waals surface area contributed by atoms with Gasteiger partial charge in [-0.3, -0.25) is 19.3 Å². The van der Waals surface area contributed by atoms with E-state index in [-0.39, 0.29) is 30.7 Å². The van der Waals surface area contributed by atoms with Gasteiger partial charge in [-0.05, 0) is 31.4 Å². The molecule has 1 aromatic rings. The Balaban J connectivity index is 2.10. The Morgan fingerprint density at radius 3 is 2.55 bits per heavy atom. The van der Waals surface area contributed by atoms with Crippen molar-refractivity contribution in [3.05, 3.63) is 34.9 Å². The van der Waals surface area contributed by atoms with Crippen LogP contribution in [0.1, 0.15) is 46.0 Å². The number of carboxylic acids is 1. The number of hydrogen-bond acceptors (Lipinski definition) is 3. The van der Waals surface area contributed by atoms with E-state index in [4.69, 9.17) is 5.11 Å². The summed E-state index contributed by atoms with van der Waals surface area (Å²) in [5.41, 5.74) is 1.82. The van der Waals surface area contributed by atoms with Gasteiger partial charge in [-0.25, -0.2) is 0 Å². The van der Waals surface area contributed by atoms with Gasteiger partial charge in [0.2, 0.25) is 0 Å². The van der Waals surface area contributed by atoms with Crippen LogP contribution in [0.4, 0.5) is 0 Å². The minimum Gasteiger partial charge on any atom is -0.481 e. The van der Waals surface area contributed by atoms with E-state index < -0.39 is 5.97 Å². The molecule has 2 amide bonds. The number of imide groups is 1. The molecule has 0 saturated carbocycles. The molecule has 0 aliphatic carbocycles. The Morgan fingerprint density at radius 1 is 1.25 bits per heavy atom. The Kier molecular flexibility index (Phi) is 3.88. The average Bonchev–Trinajstić information content (AvgIpc) is 2.61. The first kappa shape index (κ1) is 14.2. The monoisotopic (exact) mass is 275 g/mol. The lowest BCUT2D eigenvalue weighted by molar-refractivity contribution is -0.137. The molecule has 1 aliphatic heterocycles. The number of amides is 2. The fourth-order valence-corrected chi connectivity index (χ4v) is 2.34. The predicted octanol–water partition coefficient (Wildman–Crippen LogP) is 2.09. The summed E-state index contributed by atoms with van der Waals surface area (Å²) in [6.45, 7) is 3.98. The van der Waals surface area contributed by atoms with Crippen LogP contribution in [-0.4, -0.2) is 34.3 Å². The first-order valence-corrected chi connectivity index (χ1v) is 6.58. The van der Waals surface area contributed by atoms with Gasteiger partial charge in [0.15, 0.2) is 0 Å². The summed E-state index contributed by atoms with van der Waals surface area (Å²) in [6, 6.07) is 5.20. The molecule has 0 fully saturated rings. The van der Waals surface area contributed by atoms with Crippen LogP contribution in [0, 0.1) is 12.8 Å². The van der Waals surface area contributed by atoms with Gasteiger partial charge < -0.3 is 5.11 Å². The number of carbonyl (C=O) groups is 3. The van der Waals surface area contributed by atoms with Crippen LogP contribution in [0.15, 0.2) is 18.2 Å². The van der Waals surface area contributed by atoms with Crippen molar-refractivity contribution in [1.29, 1.82) is 0 Å². The SMILES string of the molecule is Cc1ccc2c(c1)C(=O)N(CC(C)CCC(=O)O)C2=O. The van der Waals surface area contributed by atoms with Crippen LogP contribution in [0.2, 0.25) is 0 Å². The maximum absolute atomic E-state index is 12.2. The van der Waals surface area contributed by atoms with Crippen LogP contribution in [0.25, 0.3) is 0 Å². The molecule has 0 aromatic heterocycles. The molecule has 0 bridgehead atoms. The van der Waals surface area contributed by atoms with Gasteiger partial charge in [0.1, 0.15) is 0 Å². The van der Waals surface area contributed by atoms with Crippen molar-refractivity contribution in [3.63, 3.8) is 0 Å². The molecule has 2 rings (SSSR count). The van der Waals surface area contributed by atoms with Crippen LogP contribution < -0.4 is 0 Å². The van der Waals surface area contributed by atoms with Gasteiger partial charge in [-0.1, -0.05) is 18.6 Å². The number of aryl methyl sites for hydroxylation is 1. The van der Waals surface area contributed by atoms with Crippen molar-refractivity contribution >= 4 is 17.8 Å². The zero-order valence-corrected chi connectivity index (χ0v) is 11.5. The van der Waals surface area contributed by atoms with Gasteiger partial charge in [-0.2, -0.15) is 0 Å². The Bertz CT molecular complexity index is 579. The van der Waals surface area contributed by atoms with E-state index in [2.05, 4.69) is 0 Å². The van der Waals surface area contributed by atoms with E-state index in [1.807, 2.05) is 13.8 Å². The van der Waals surface area contributed by atoms with Crippen LogP contribution in [0.3, 0.4) is 0 Å². The fourth-order valence-electron chi connectivity index (χ4n) is 2.34. The van der Waals surface area contributed by atoms with E-state index in [1.54, 1.807) is 18.2 Å². The summed E-state index contributed by atoms with van der Waals surface area (Å²) in [7, 11) is 0. The summed E-state index contributed by atoms with van der Waals surface area (Å²) in [5.74, 6) is -1.47. The highest BCUT2D eigenvalue weighted by molar-refractivity contribution is 6.21. The number of aliphatic carboxylic acids is 1. The smallest absolute Gasteiger partial charge is 0.303 e. The Hall–Kier alpha value is -2.17. The minimum absolute atomic E-state index is 0.0330. The van der Waals surface area contributed by atoms with Gasteiger partial charge >= 0.3 is 5.97 Å². The molecule has 0 saturated heterocycles. The molecule has 0 spiro atoms. The Morgan fingerprint density at radius 2 is 1.90 bits per heavy atom. The maximum atomic E-state index is 12.2. The predicted molar refractivity (Wildman–Crippen MR) is 72.6 cm³/mol. The maximum Gasteiger partial charge on any atom is 0.303 e. The third-order valence-corrected chi connectivity index (χ3v) is 3.47. The number of nitrogens with zero attached hydrogens (tertiary/aromatic N) is 1. The van der Waals surface area contributed by atoms with Crippen LogP contribution >= 0.6 is 0 Å². The molecule has 106 valence electrons. The normalized spacial score (nSPS) is 15.4. The first-order chi connectivity index (χ1) is 9.40. The number of carboxylic acid groups (broad SMARTS) is 1. The third kappa shape index (κ3) is 2.71. The standard InChI is InChI=1S/C15H17NO4/c1-9-3-5-11-12(7-9)15(20)16(14(11)19)8-10(2)4-6-13(17)18/h3,5,7,10H,4,6,8H2,1-2H3,(H,17,18). The lowest BCUT2D eigenvalue weighted by atomic mass is 10.1. The highest BCUT2D eigenvalue weighted by Gasteiger charge is 2.35. The quantitative estimate of drug-likeness (QED) is 0.835. The van der Waals surface area contributed by atoms with Crippen molar-refractivity contribution < 1.29 is 19.5 Å². The lowest BCUT2D eigenvalue weighted by Gasteiger charge is -2.18. The number of fused-ring (bicyclic) bond motifs is 1. The van der Waals surface area contributed by atoms with Gasteiger partial charge in [0, 0.05) is 13.0 Å². The first-order valence-electron chi connectivity index (χ1n) is 6.58. The lowest BCUT2D eigenvalue weighted by Crippen LogP contribution is -2.34. The highest BCUT2D eigenvalue weighted by atomic mass is 16.4. The van der Waals surface area contributed by atoms with Gasteiger partial charge in [0.25, 0.3) is 11.8 Å². The summed E-state index contributed by atoms with van der Waals surface area (Å²) in [5, 5.41) is 8.65. The molecule has 5 heteroatoms. The number of hydrogen-bond donors (Lipinski definition) is 1. The second-order valence-corrected chi connectivity index (χ2v) is 5.31. The fraction of sp³-hybridized carbons (Fsp3) is 0.400. The molecular weight excluding hydrogens is 258 g/mol. The largest absolute Gasteiger partial charge is 0.481 e. The van der Waals surface area contributed by atoms with E-state index in [1.165, 1.54) is 4.90 Å². The van der Waals surface area contributed by atoms with Gasteiger partial charge in [-0.15, -0.1) is 0 Å². The third-order valence-electron chi connectivity index (χ3n) is 3.47. The summed E-state index contributed by atoms with van der Waals surface area (Å²) >= 11 is 0. The second-order valence-electron chi connectivity index (χ2n) is 5.31. The second kappa shape index (κ2) is 5.45. The van der Waals surface area contributed by atoms with E-state index >= 15 is 0 Å². The highest BCUT2D eigenvalue weighted by Crippen LogP contribution is 2.25. The molecule has 1 aliphatic rings. The van der Waals surface area contributed by atoms with Crippen molar-refractivity contribution in [2.75, 3.05) is 6.54 Å². The summed E-state index contributed by atoms with van der Waals surface area (Å²) in [6.07, 6.45) is 0.491. The molecule has 1 N–H and O–H groups in total. The molecule has 1 aromatic carbocycles. The molecule has 5 nitrogen and oxygen atoms in total. The van der Waals surface area contributed by atoms with E-state index in [9.17, 15) is 14.4 Å². The van der Waals surface area contributed by atoms with Crippen molar-refractivity contribution in [1.82, 2.24) is 4.90 Å². The number of carbonyl (C=O) groups excluding carboxylic acids is 2. The van der Waals surface area contributed by atoms with E-state index in [0.29, 0.717) is 17.5 Å². The molecule has 1 heterocycles. The number of rotatable bonds is 5. The van der Waals surface area contributed by atoms with Crippen LogP contribution in [0.5, 0.6) is 0 Å².